The smallest absolute Gasteiger partial charge is 0.262 e. The molecule has 1 heterocycles. The van der Waals surface area contributed by atoms with E-state index in [9.17, 15) is 9.59 Å². The minimum absolute atomic E-state index is 0.132. The van der Waals surface area contributed by atoms with Crippen LogP contribution in [0, 0.1) is 0 Å². The summed E-state index contributed by atoms with van der Waals surface area (Å²) in [6.45, 7) is 4.03. The van der Waals surface area contributed by atoms with E-state index in [0.717, 1.165) is 0 Å². The maximum absolute atomic E-state index is 12.7. The van der Waals surface area contributed by atoms with Gasteiger partial charge >= 0.3 is 0 Å². The second-order valence-corrected chi connectivity index (χ2v) is 8.51. The zero-order valence-electron chi connectivity index (χ0n) is 15.0. The van der Waals surface area contributed by atoms with Gasteiger partial charge in [0.25, 0.3) is 5.56 Å². The number of thioether (sulfide) groups is 1. The molecule has 0 aliphatic heterocycles. The van der Waals surface area contributed by atoms with Gasteiger partial charge in [-0.1, -0.05) is 58.7 Å². The minimum Gasteiger partial charge on any atom is -0.323 e. The Hall–Kier alpha value is -1.73. The second kappa shape index (κ2) is 8.74. The van der Waals surface area contributed by atoms with Crippen LogP contribution in [0.15, 0.2) is 46.3 Å². The van der Waals surface area contributed by atoms with Gasteiger partial charge in [-0.2, -0.15) is 0 Å². The summed E-state index contributed by atoms with van der Waals surface area (Å²) in [5.41, 5.74) is 0.757. The zero-order chi connectivity index (χ0) is 20.4. The highest BCUT2D eigenvalue weighted by Gasteiger charge is 2.21. The number of rotatable bonds is 5. The molecular formula is C19H16Cl3N3O2S. The van der Waals surface area contributed by atoms with Crippen molar-refractivity contribution in [3.8, 4) is 0 Å². The Morgan fingerprint density at radius 3 is 2.50 bits per heavy atom. The molecule has 3 rings (SSSR count). The first-order valence-electron chi connectivity index (χ1n) is 8.43. The first-order valence-corrected chi connectivity index (χ1v) is 10.4. The summed E-state index contributed by atoms with van der Waals surface area (Å²) < 4.78 is 1.55. The zero-order valence-corrected chi connectivity index (χ0v) is 18.1. The molecule has 1 unspecified atom stereocenters. The molecule has 0 spiro atoms. The summed E-state index contributed by atoms with van der Waals surface area (Å²) in [4.78, 5) is 29.9. The van der Waals surface area contributed by atoms with Gasteiger partial charge < -0.3 is 5.32 Å². The number of amides is 1. The molecule has 5 nitrogen and oxygen atoms in total. The van der Waals surface area contributed by atoms with Gasteiger partial charge in [0.15, 0.2) is 5.16 Å². The number of carbonyl (C=O) groups is 1. The first-order chi connectivity index (χ1) is 13.3. The molecule has 1 amide bonds. The average Bonchev–Trinajstić information content (AvgIpc) is 2.64. The maximum atomic E-state index is 12.7. The Morgan fingerprint density at radius 1 is 1.21 bits per heavy atom. The fraction of sp³-hybridized carbons (Fsp3) is 0.211. The van der Waals surface area contributed by atoms with Gasteiger partial charge in [-0.15, -0.1) is 0 Å². The molecule has 9 heteroatoms. The summed E-state index contributed by atoms with van der Waals surface area (Å²) in [5, 5.41) is 4.06. The van der Waals surface area contributed by atoms with E-state index < -0.39 is 5.25 Å². The first kappa shape index (κ1) is 21.0. The largest absolute Gasteiger partial charge is 0.323 e. The summed E-state index contributed by atoms with van der Waals surface area (Å²) >= 11 is 19.4. The lowest BCUT2D eigenvalue weighted by Gasteiger charge is -2.16. The van der Waals surface area contributed by atoms with Gasteiger partial charge in [0, 0.05) is 11.6 Å². The SMILES string of the molecule is CCn1c(SC(C)C(=O)Nc2c(Cl)cc(Cl)cc2Cl)nc2ccccc2c1=O. The molecule has 0 aliphatic rings. The number of benzene rings is 2. The number of para-hydroxylation sites is 1. The van der Waals surface area contributed by atoms with Crippen LogP contribution in [0.25, 0.3) is 10.9 Å². The fourth-order valence-electron chi connectivity index (χ4n) is 2.61. The molecule has 0 bridgehead atoms. The van der Waals surface area contributed by atoms with Crippen LogP contribution >= 0.6 is 46.6 Å². The number of halogens is 3. The van der Waals surface area contributed by atoms with Gasteiger partial charge in [0.1, 0.15) is 0 Å². The van der Waals surface area contributed by atoms with Gasteiger partial charge in [0.05, 0.1) is 31.9 Å². The normalized spacial score (nSPS) is 12.2. The Labute approximate surface area is 181 Å². The molecule has 0 aliphatic carbocycles. The van der Waals surface area contributed by atoms with E-state index >= 15 is 0 Å². The van der Waals surface area contributed by atoms with Crippen molar-refractivity contribution < 1.29 is 4.79 Å². The molecule has 1 aromatic heterocycles. The van der Waals surface area contributed by atoms with Crippen molar-refractivity contribution in [3.05, 3.63) is 61.8 Å². The van der Waals surface area contributed by atoms with Gasteiger partial charge in [-0.25, -0.2) is 4.98 Å². The van der Waals surface area contributed by atoms with Crippen molar-refractivity contribution in [3.63, 3.8) is 0 Å². The lowest BCUT2D eigenvalue weighted by atomic mass is 10.2. The molecule has 28 heavy (non-hydrogen) atoms. The molecule has 0 radical (unpaired) electrons. The number of nitrogens with zero attached hydrogens (tertiary/aromatic N) is 2. The highest BCUT2D eigenvalue weighted by atomic mass is 35.5. The molecule has 1 N–H and O–H groups in total. The third-order valence-corrected chi connectivity index (χ3v) is 5.95. The lowest BCUT2D eigenvalue weighted by molar-refractivity contribution is -0.115. The standard InChI is InChI=1S/C19H16Cl3N3O2S/c1-3-25-18(27)12-6-4-5-7-15(12)23-19(25)28-10(2)17(26)24-16-13(21)8-11(20)9-14(16)22/h4-10H,3H2,1-2H3,(H,24,26). The third kappa shape index (κ3) is 4.30. The predicted molar refractivity (Wildman–Crippen MR) is 117 cm³/mol. The van der Waals surface area contributed by atoms with Crippen LogP contribution in [-0.2, 0) is 11.3 Å². The van der Waals surface area contributed by atoms with Crippen molar-refractivity contribution in [2.75, 3.05) is 5.32 Å². The van der Waals surface area contributed by atoms with Crippen LogP contribution < -0.4 is 10.9 Å². The van der Waals surface area contributed by atoms with Crippen LogP contribution in [0.4, 0.5) is 5.69 Å². The molecule has 3 aromatic rings. The van der Waals surface area contributed by atoms with Crippen molar-refractivity contribution >= 4 is 69.1 Å². The Bertz CT molecular complexity index is 1090. The molecule has 0 saturated carbocycles. The van der Waals surface area contributed by atoms with Crippen molar-refractivity contribution in [2.45, 2.75) is 30.8 Å². The molecule has 2 aromatic carbocycles. The van der Waals surface area contributed by atoms with Crippen molar-refractivity contribution in [1.82, 2.24) is 9.55 Å². The molecule has 0 fully saturated rings. The Morgan fingerprint density at radius 2 is 1.86 bits per heavy atom. The number of hydrogen-bond donors (Lipinski definition) is 1. The van der Waals surface area contributed by atoms with E-state index in [1.165, 1.54) is 23.9 Å². The average molecular weight is 457 g/mol. The molecule has 0 saturated heterocycles. The molecular weight excluding hydrogens is 441 g/mol. The molecule has 146 valence electrons. The van der Waals surface area contributed by atoms with Crippen LogP contribution in [0.2, 0.25) is 15.1 Å². The fourth-order valence-corrected chi connectivity index (χ4v) is 4.50. The monoisotopic (exact) mass is 455 g/mol. The van der Waals surface area contributed by atoms with E-state index in [2.05, 4.69) is 10.3 Å². The van der Waals surface area contributed by atoms with E-state index in [1.807, 2.05) is 13.0 Å². The summed E-state index contributed by atoms with van der Waals surface area (Å²) in [7, 11) is 0. The highest BCUT2D eigenvalue weighted by Crippen LogP contribution is 2.34. The number of hydrogen-bond acceptors (Lipinski definition) is 4. The predicted octanol–water partition coefficient (Wildman–Crippen LogP) is 5.50. The van der Waals surface area contributed by atoms with Gasteiger partial charge in [-0.05, 0) is 38.1 Å². The van der Waals surface area contributed by atoms with E-state index in [1.54, 1.807) is 29.7 Å². The van der Waals surface area contributed by atoms with E-state index in [0.29, 0.717) is 33.3 Å². The lowest BCUT2D eigenvalue weighted by Crippen LogP contribution is -2.26. The Balaban J connectivity index is 1.88. The van der Waals surface area contributed by atoms with Crippen LogP contribution in [0.5, 0.6) is 0 Å². The summed E-state index contributed by atoms with van der Waals surface area (Å²) in [6.07, 6.45) is 0. The van der Waals surface area contributed by atoms with E-state index in [-0.39, 0.29) is 21.5 Å². The van der Waals surface area contributed by atoms with Crippen molar-refractivity contribution in [1.29, 1.82) is 0 Å². The Kier molecular flexibility index (Phi) is 6.55. The minimum atomic E-state index is -0.548. The van der Waals surface area contributed by atoms with Crippen molar-refractivity contribution in [2.24, 2.45) is 0 Å². The summed E-state index contributed by atoms with van der Waals surface area (Å²) in [5.74, 6) is -0.318. The quantitative estimate of drug-likeness (QED) is 0.407. The summed E-state index contributed by atoms with van der Waals surface area (Å²) in [6, 6.07) is 10.1. The maximum Gasteiger partial charge on any atom is 0.262 e. The number of nitrogens with one attached hydrogen (secondary N) is 1. The number of aromatic nitrogens is 2. The van der Waals surface area contributed by atoms with Gasteiger partial charge in [-0.3, -0.25) is 14.2 Å². The van der Waals surface area contributed by atoms with Gasteiger partial charge in [0.2, 0.25) is 5.91 Å². The van der Waals surface area contributed by atoms with Crippen LogP contribution in [0.1, 0.15) is 13.8 Å². The number of anilines is 1. The number of fused-ring (bicyclic) bond motifs is 1. The third-order valence-electron chi connectivity index (χ3n) is 4.05. The molecule has 1 atom stereocenters. The topological polar surface area (TPSA) is 64.0 Å². The van der Waals surface area contributed by atoms with E-state index in [4.69, 9.17) is 34.8 Å². The van der Waals surface area contributed by atoms with Crippen LogP contribution in [0.3, 0.4) is 0 Å². The highest BCUT2D eigenvalue weighted by molar-refractivity contribution is 8.00. The second-order valence-electron chi connectivity index (χ2n) is 5.95. The van der Waals surface area contributed by atoms with Crippen LogP contribution in [-0.4, -0.2) is 20.7 Å². The number of carbonyl (C=O) groups excluding carboxylic acids is 1.